The van der Waals surface area contributed by atoms with Crippen molar-refractivity contribution in [1.29, 1.82) is 5.26 Å². The van der Waals surface area contributed by atoms with Gasteiger partial charge < -0.3 is 4.74 Å². The van der Waals surface area contributed by atoms with E-state index in [2.05, 4.69) is 6.07 Å². The Labute approximate surface area is 157 Å². The summed E-state index contributed by atoms with van der Waals surface area (Å²) >= 11 is 0. The molecule has 5 nitrogen and oxygen atoms in total. The molecule has 0 saturated carbocycles. The highest BCUT2D eigenvalue weighted by molar-refractivity contribution is 6.00. The van der Waals surface area contributed by atoms with Gasteiger partial charge in [0.05, 0.1) is 22.7 Å². The molecular formula is C22H18N2O3. The highest BCUT2D eigenvalue weighted by atomic mass is 16.6. The third kappa shape index (κ3) is 3.96. The summed E-state index contributed by atoms with van der Waals surface area (Å²) in [7, 11) is 0. The SMILES string of the molecule is CC(C)Oc1ccc2ccccc2c1/C=C(/C#N)c1ccc([N+](=O)[O-])cc1. The predicted molar refractivity (Wildman–Crippen MR) is 106 cm³/mol. The number of allylic oxidation sites excluding steroid dienone is 1. The van der Waals surface area contributed by atoms with Gasteiger partial charge in [-0.3, -0.25) is 10.1 Å². The van der Waals surface area contributed by atoms with Gasteiger partial charge in [-0.2, -0.15) is 5.26 Å². The van der Waals surface area contributed by atoms with E-state index in [1.165, 1.54) is 12.1 Å². The van der Waals surface area contributed by atoms with Crippen molar-refractivity contribution in [3.63, 3.8) is 0 Å². The van der Waals surface area contributed by atoms with Crippen LogP contribution < -0.4 is 4.74 Å². The lowest BCUT2D eigenvalue weighted by Crippen LogP contribution is -2.06. The monoisotopic (exact) mass is 358 g/mol. The van der Waals surface area contributed by atoms with Crippen LogP contribution in [0.5, 0.6) is 5.75 Å². The zero-order valence-corrected chi connectivity index (χ0v) is 15.0. The maximum Gasteiger partial charge on any atom is 0.269 e. The average molecular weight is 358 g/mol. The number of nitrogens with zero attached hydrogens (tertiary/aromatic N) is 2. The van der Waals surface area contributed by atoms with Crippen LogP contribution in [0.25, 0.3) is 22.4 Å². The quantitative estimate of drug-likeness (QED) is 0.257. The largest absolute Gasteiger partial charge is 0.490 e. The number of hydrogen-bond acceptors (Lipinski definition) is 4. The third-order valence-corrected chi connectivity index (χ3v) is 4.09. The minimum atomic E-state index is -0.459. The standard InChI is InChI=1S/C22H18N2O3/c1-15(2)27-22-12-9-17-5-3-4-6-20(17)21(22)13-18(14-23)16-7-10-19(11-8-16)24(25)26/h3-13,15H,1-2H3/b18-13-. The second-order valence-electron chi connectivity index (χ2n) is 6.34. The van der Waals surface area contributed by atoms with E-state index in [9.17, 15) is 15.4 Å². The molecule has 0 aromatic heterocycles. The van der Waals surface area contributed by atoms with Crippen LogP contribution in [0, 0.1) is 21.4 Å². The van der Waals surface area contributed by atoms with Crippen molar-refractivity contribution in [2.24, 2.45) is 0 Å². The molecule has 3 aromatic carbocycles. The zero-order valence-electron chi connectivity index (χ0n) is 15.0. The molecule has 0 aliphatic carbocycles. The summed E-state index contributed by atoms with van der Waals surface area (Å²) in [6, 6.07) is 19.9. The summed E-state index contributed by atoms with van der Waals surface area (Å²) in [4.78, 5) is 10.4. The van der Waals surface area contributed by atoms with Gasteiger partial charge in [-0.15, -0.1) is 0 Å². The van der Waals surface area contributed by atoms with Crippen LogP contribution >= 0.6 is 0 Å². The molecular weight excluding hydrogens is 340 g/mol. The lowest BCUT2D eigenvalue weighted by atomic mass is 9.98. The van der Waals surface area contributed by atoms with Gasteiger partial charge in [-0.25, -0.2) is 0 Å². The van der Waals surface area contributed by atoms with Crippen molar-refractivity contribution in [3.8, 4) is 11.8 Å². The Bertz CT molecular complexity index is 1060. The minimum Gasteiger partial charge on any atom is -0.490 e. The van der Waals surface area contributed by atoms with Crippen LogP contribution in [0.3, 0.4) is 0 Å². The Hall–Kier alpha value is -3.65. The maximum absolute atomic E-state index is 10.8. The molecule has 0 unspecified atom stereocenters. The molecule has 27 heavy (non-hydrogen) atoms. The van der Waals surface area contributed by atoms with E-state index in [0.29, 0.717) is 16.9 Å². The Morgan fingerprint density at radius 2 is 1.81 bits per heavy atom. The third-order valence-electron chi connectivity index (χ3n) is 4.09. The van der Waals surface area contributed by atoms with E-state index >= 15 is 0 Å². The summed E-state index contributed by atoms with van der Waals surface area (Å²) in [6.07, 6.45) is 1.77. The highest BCUT2D eigenvalue weighted by Gasteiger charge is 2.12. The number of rotatable bonds is 5. The fourth-order valence-electron chi connectivity index (χ4n) is 2.87. The van der Waals surface area contributed by atoms with E-state index in [1.54, 1.807) is 18.2 Å². The summed E-state index contributed by atoms with van der Waals surface area (Å²) in [5.74, 6) is 0.693. The van der Waals surface area contributed by atoms with Gasteiger partial charge in [-0.05, 0) is 54.5 Å². The fourth-order valence-corrected chi connectivity index (χ4v) is 2.87. The molecule has 3 rings (SSSR count). The van der Waals surface area contributed by atoms with Crippen LogP contribution in [0.2, 0.25) is 0 Å². The topological polar surface area (TPSA) is 76.2 Å². The Balaban J connectivity index is 2.16. The van der Waals surface area contributed by atoms with Crippen molar-refractivity contribution in [3.05, 3.63) is 81.9 Å². The molecule has 0 amide bonds. The molecule has 0 aliphatic heterocycles. The van der Waals surface area contributed by atoms with Crippen LogP contribution in [0.15, 0.2) is 60.7 Å². The molecule has 0 atom stereocenters. The molecule has 0 saturated heterocycles. The predicted octanol–water partition coefficient (Wildman–Crippen LogP) is 5.60. The molecule has 134 valence electrons. The van der Waals surface area contributed by atoms with Crippen LogP contribution in [-0.4, -0.2) is 11.0 Å². The van der Waals surface area contributed by atoms with Gasteiger partial charge in [0.1, 0.15) is 5.75 Å². The van der Waals surface area contributed by atoms with E-state index in [1.807, 2.05) is 50.2 Å². The summed E-state index contributed by atoms with van der Waals surface area (Å²) in [5.41, 5.74) is 1.84. The smallest absolute Gasteiger partial charge is 0.269 e. The highest BCUT2D eigenvalue weighted by Crippen LogP contribution is 2.32. The number of nitriles is 1. The van der Waals surface area contributed by atoms with Gasteiger partial charge in [0.15, 0.2) is 0 Å². The van der Waals surface area contributed by atoms with Crippen LogP contribution in [-0.2, 0) is 0 Å². The lowest BCUT2D eigenvalue weighted by Gasteiger charge is -2.15. The van der Waals surface area contributed by atoms with Gasteiger partial charge >= 0.3 is 0 Å². The van der Waals surface area contributed by atoms with Crippen molar-refractivity contribution in [2.75, 3.05) is 0 Å². The van der Waals surface area contributed by atoms with Crippen LogP contribution in [0.1, 0.15) is 25.0 Å². The second kappa shape index (κ2) is 7.71. The Morgan fingerprint density at radius 1 is 1.11 bits per heavy atom. The van der Waals surface area contributed by atoms with Crippen LogP contribution in [0.4, 0.5) is 5.69 Å². The first kappa shape index (κ1) is 18.2. The maximum atomic E-state index is 10.8. The number of ether oxygens (including phenoxy) is 1. The molecule has 5 heteroatoms. The summed E-state index contributed by atoms with van der Waals surface area (Å²) < 4.78 is 5.94. The minimum absolute atomic E-state index is 0.00923. The first-order valence-electron chi connectivity index (χ1n) is 8.54. The van der Waals surface area contributed by atoms with Crippen molar-refractivity contribution in [2.45, 2.75) is 20.0 Å². The lowest BCUT2D eigenvalue weighted by molar-refractivity contribution is -0.384. The fraction of sp³-hybridized carbons (Fsp3) is 0.136. The van der Waals surface area contributed by atoms with E-state index in [-0.39, 0.29) is 11.8 Å². The van der Waals surface area contributed by atoms with Crippen molar-refractivity contribution < 1.29 is 9.66 Å². The number of nitro groups is 1. The van der Waals surface area contributed by atoms with E-state index < -0.39 is 4.92 Å². The summed E-state index contributed by atoms with van der Waals surface area (Å²) in [5, 5.41) is 22.5. The van der Waals surface area contributed by atoms with E-state index in [0.717, 1.165) is 16.3 Å². The molecule has 0 radical (unpaired) electrons. The van der Waals surface area contributed by atoms with Gasteiger partial charge in [0, 0.05) is 17.7 Å². The van der Waals surface area contributed by atoms with Gasteiger partial charge in [-0.1, -0.05) is 30.3 Å². The average Bonchev–Trinajstić information content (AvgIpc) is 2.67. The first-order valence-corrected chi connectivity index (χ1v) is 8.54. The number of fused-ring (bicyclic) bond motifs is 1. The second-order valence-corrected chi connectivity index (χ2v) is 6.34. The first-order chi connectivity index (χ1) is 13.0. The molecule has 0 aliphatic rings. The van der Waals surface area contributed by atoms with Crippen molar-refractivity contribution >= 4 is 28.1 Å². The number of hydrogen-bond donors (Lipinski definition) is 0. The molecule has 0 fully saturated rings. The number of nitro benzene ring substituents is 1. The normalized spacial score (nSPS) is 11.4. The zero-order chi connectivity index (χ0) is 19.4. The van der Waals surface area contributed by atoms with E-state index in [4.69, 9.17) is 4.74 Å². The van der Waals surface area contributed by atoms with Crippen molar-refractivity contribution in [1.82, 2.24) is 0 Å². The number of benzene rings is 3. The Kier molecular flexibility index (Phi) is 5.18. The Morgan fingerprint density at radius 3 is 2.44 bits per heavy atom. The number of non-ortho nitro benzene ring substituents is 1. The van der Waals surface area contributed by atoms with Gasteiger partial charge in [0.2, 0.25) is 0 Å². The summed E-state index contributed by atoms with van der Waals surface area (Å²) in [6.45, 7) is 3.90. The molecule has 0 bridgehead atoms. The molecule has 0 N–H and O–H groups in total. The molecule has 3 aromatic rings. The molecule has 0 heterocycles. The van der Waals surface area contributed by atoms with Gasteiger partial charge in [0.25, 0.3) is 5.69 Å². The molecule has 0 spiro atoms.